The van der Waals surface area contributed by atoms with Crippen molar-refractivity contribution < 1.29 is 9.59 Å². The molecule has 5 heteroatoms. The van der Waals surface area contributed by atoms with Crippen LogP contribution in [0.1, 0.15) is 20.3 Å². The number of carbonyl (C=O) groups is 2. The molecule has 0 saturated heterocycles. The monoisotopic (exact) mass is 321 g/mol. The molecule has 1 aromatic carbocycles. The summed E-state index contributed by atoms with van der Waals surface area (Å²) in [7, 11) is 0. The average Bonchev–Trinajstić information content (AvgIpc) is 2.60. The number of para-hydroxylation sites is 1. The topological polar surface area (TPSA) is 73.2 Å². The molecule has 0 spiro atoms. The fraction of sp³-hybridized carbons (Fsp3) is 0.211. The van der Waals surface area contributed by atoms with E-state index in [0.29, 0.717) is 17.7 Å². The first-order valence-corrected chi connectivity index (χ1v) is 7.36. The fourth-order valence-corrected chi connectivity index (χ4v) is 1.87. The molecule has 122 valence electrons. The Morgan fingerprint density at radius 3 is 2.46 bits per heavy atom. The molecule has 0 aliphatic heterocycles. The van der Waals surface area contributed by atoms with Crippen molar-refractivity contribution in [3.05, 3.63) is 53.8 Å². The van der Waals surface area contributed by atoms with Gasteiger partial charge in [0.2, 0.25) is 0 Å². The van der Waals surface area contributed by atoms with Gasteiger partial charge in [0, 0.05) is 5.69 Å². The van der Waals surface area contributed by atoms with Gasteiger partial charge < -0.3 is 5.32 Å². The summed E-state index contributed by atoms with van der Waals surface area (Å²) in [5.41, 5.74) is 1.05. The maximum absolute atomic E-state index is 12.6. The first-order valence-electron chi connectivity index (χ1n) is 7.36. The van der Waals surface area contributed by atoms with E-state index in [4.69, 9.17) is 6.42 Å². The molecule has 0 radical (unpaired) electrons. The summed E-state index contributed by atoms with van der Waals surface area (Å²) in [5.74, 6) is 1.14. The zero-order chi connectivity index (χ0) is 18.1. The van der Waals surface area contributed by atoms with E-state index in [2.05, 4.69) is 17.8 Å². The maximum atomic E-state index is 12.6. The zero-order valence-corrected chi connectivity index (χ0v) is 13.8. The number of nitrogens with zero attached hydrogens (tertiary/aromatic N) is 2. The number of terminal acetylenes is 1. The molecule has 1 aromatic rings. The Bertz CT molecular complexity index is 749. The third-order valence-electron chi connectivity index (χ3n) is 3.40. The molecular weight excluding hydrogens is 302 g/mol. The predicted octanol–water partition coefficient (Wildman–Crippen LogP) is 2.85. The lowest BCUT2D eigenvalue weighted by molar-refractivity contribution is -0.127. The van der Waals surface area contributed by atoms with Crippen LogP contribution in [0.25, 0.3) is 0 Å². The van der Waals surface area contributed by atoms with E-state index in [0.717, 1.165) is 4.90 Å². The Kier molecular flexibility index (Phi) is 7.00. The average molecular weight is 321 g/mol. The summed E-state index contributed by atoms with van der Waals surface area (Å²) in [5, 5.41) is 11.9. The number of amides is 2. The van der Waals surface area contributed by atoms with Gasteiger partial charge in [-0.1, -0.05) is 43.2 Å². The van der Waals surface area contributed by atoms with Crippen LogP contribution < -0.4 is 5.32 Å². The van der Waals surface area contributed by atoms with Gasteiger partial charge in [-0.3, -0.25) is 14.5 Å². The van der Waals surface area contributed by atoms with E-state index < -0.39 is 11.8 Å². The number of rotatable bonds is 6. The Morgan fingerprint density at radius 2 is 1.96 bits per heavy atom. The molecule has 0 atom stereocenters. The summed E-state index contributed by atoms with van der Waals surface area (Å²) < 4.78 is 0. The summed E-state index contributed by atoms with van der Waals surface area (Å²) in [6.07, 6.45) is 5.84. The highest BCUT2D eigenvalue weighted by Crippen LogP contribution is 2.15. The molecule has 0 saturated carbocycles. The molecule has 24 heavy (non-hydrogen) atoms. The van der Waals surface area contributed by atoms with E-state index in [9.17, 15) is 14.9 Å². The highest BCUT2D eigenvalue weighted by Gasteiger charge is 2.25. The van der Waals surface area contributed by atoms with Crippen LogP contribution in [-0.4, -0.2) is 23.3 Å². The molecule has 1 N–H and O–H groups in total. The van der Waals surface area contributed by atoms with Crippen LogP contribution >= 0.6 is 0 Å². The van der Waals surface area contributed by atoms with Crippen LogP contribution in [0.5, 0.6) is 0 Å². The summed E-state index contributed by atoms with van der Waals surface area (Å²) in [4.78, 5) is 25.9. The number of nitrogens with one attached hydrogen (secondary N) is 1. The molecule has 0 unspecified atom stereocenters. The van der Waals surface area contributed by atoms with Gasteiger partial charge in [-0.15, -0.1) is 6.42 Å². The van der Waals surface area contributed by atoms with Crippen LogP contribution in [0, 0.1) is 23.7 Å². The Labute approximate surface area is 142 Å². The highest BCUT2D eigenvalue weighted by molar-refractivity contribution is 6.08. The number of benzene rings is 1. The van der Waals surface area contributed by atoms with Gasteiger partial charge >= 0.3 is 0 Å². The molecular formula is C19H19N3O2. The van der Waals surface area contributed by atoms with Gasteiger partial charge in [0.25, 0.3) is 11.8 Å². The van der Waals surface area contributed by atoms with Crippen LogP contribution in [0.4, 0.5) is 5.69 Å². The number of anilines is 1. The number of allylic oxidation sites excluding steroid dienone is 1. The highest BCUT2D eigenvalue weighted by atomic mass is 16.2. The van der Waals surface area contributed by atoms with E-state index in [1.165, 1.54) is 0 Å². The van der Waals surface area contributed by atoms with Gasteiger partial charge in [-0.05, 0) is 25.5 Å². The molecule has 0 aliphatic carbocycles. The largest absolute Gasteiger partial charge is 0.321 e. The quantitative estimate of drug-likeness (QED) is 0.497. The minimum absolute atomic E-state index is 0.0265. The SMILES string of the molecule is C#CCN(C(=C)C(=O)Nc1ccccc1)C(=O)/C(C#N)=C(/C)CC. The summed E-state index contributed by atoms with van der Waals surface area (Å²) in [6, 6.07) is 10.7. The molecule has 0 heterocycles. The summed E-state index contributed by atoms with van der Waals surface area (Å²) >= 11 is 0. The van der Waals surface area contributed by atoms with E-state index in [1.54, 1.807) is 31.2 Å². The van der Waals surface area contributed by atoms with Crippen molar-refractivity contribution in [3.63, 3.8) is 0 Å². The molecule has 0 aromatic heterocycles. The smallest absolute Gasteiger partial charge is 0.271 e. The number of hydrogen-bond acceptors (Lipinski definition) is 3. The van der Waals surface area contributed by atoms with Crippen molar-refractivity contribution >= 4 is 17.5 Å². The second kappa shape index (κ2) is 8.97. The van der Waals surface area contributed by atoms with Gasteiger partial charge in [0.1, 0.15) is 17.3 Å². The molecule has 0 aliphatic rings. The minimum atomic E-state index is -0.622. The van der Waals surface area contributed by atoms with E-state index >= 15 is 0 Å². The van der Waals surface area contributed by atoms with Crippen molar-refractivity contribution in [3.8, 4) is 18.4 Å². The Hall–Kier alpha value is -3.31. The maximum Gasteiger partial charge on any atom is 0.271 e. The van der Waals surface area contributed by atoms with Crippen LogP contribution in [0.2, 0.25) is 0 Å². The van der Waals surface area contributed by atoms with Crippen LogP contribution in [0.3, 0.4) is 0 Å². The van der Waals surface area contributed by atoms with Crippen molar-refractivity contribution in [1.82, 2.24) is 4.90 Å². The lowest BCUT2D eigenvalue weighted by Crippen LogP contribution is -2.36. The fourth-order valence-electron chi connectivity index (χ4n) is 1.87. The van der Waals surface area contributed by atoms with E-state index in [-0.39, 0.29) is 17.8 Å². The van der Waals surface area contributed by atoms with Crippen LogP contribution in [0.15, 0.2) is 53.8 Å². The van der Waals surface area contributed by atoms with Gasteiger partial charge in [-0.2, -0.15) is 5.26 Å². The van der Waals surface area contributed by atoms with Crippen molar-refractivity contribution in [2.75, 3.05) is 11.9 Å². The Balaban J connectivity index is 3.05. The normalized spacial score (nSPS) is 10.7. The van der Waals surface area contributed by atoms with Gasteiger partial charge in [0.15, 0.2) is 0 Å². The number of nitriles is 1. The van der Waals surface area contributed by atoms with Crippen LogP contribution in [-0.2, 0) is 9.59 Å². The lowest BCUT2D eigenvalue weighted by atomic mass is 10.1. The summed E-state index contributed by atoms with van der Waals surface area (Å²) in [6.45, 7) is 7.03. The van der Waals surface area contributed by atoms with Crippen molar-refractivity contribution in [1.29, 1.82) is 5.26 Å². The van der Waals surface area contributed by atoms with Crippen molar-refractivity contribution in [2.24, 2.45) is 0 Å². The second-order valence-electron chi connectivity index (χ2n) is 4.98. The molecule has 1 rings (SSSR count). The second-order valence-corrected chi connectivity index (χ2v) is 4.98. The molecule has 0 bridgehead atoms. The first-order chi connectivity index (χ1) is 11.5. The van der Waals surface area contributed by atoms with E-state index in [1.807, 2.05) is 19.1 Å². The zero-order valence-electron chi connectivity index (χ0n) is 13.8. The molecule has 0 fully saturated rings. The standard InChI is InChI=1S/C19H19N3O2/c1-5-12-22(19(24)17(13-20)14(3)6-2)15(4)18(23)21-16-10-8-7-9-11-16/h1,7-11H,4,6,12H2,2-3H3,(H,21,23)/b17-14-. The number of hydrogen-bond donors (Lipinski definition) is 1. The molecule has 5 nitrogen and oxygen atoms in total. The third kappa shape index (κ3) is 4.59. The van der Waals surface area contributed by atoms with Gasteiger partial charge in [0.05, 0.1) is 6.54 Å². The predicted molar refractivity (Wildman–Crippen MR) is 93.4 cm³/mol. The Morgan fingerprint density at radius 1 is 1.33 bits per heavy atom. The molecule has 2 amide bonds. The minimum Gasteiger partial charge on any atom is -0.321 e. The first kappa shape index (κ1) is 18.7. The lowest BCUT2D eigenvalue weighted by Gasteiger charge is -2.22. The van der Waals surface area contributed by atoms with Gasteiger partial charge in [-0.25, -0.2) is 0 Å². The number of carbonyl (C=O) groups excluding carboxylic acids is 2. The van der Waals surface area contributed by atoms with Crippen molar-refractivity contribution in [2.45, 2.75) is 20.3 Å². The third-order valence-corrected chi connectivity index (χ3v) is 3.40.